The monoisotopic (exact) mass is 291 g/mol. The summed E-state index contributed by atoms with van der Waals surface area (Å²) >= 11 is 5.88. The Hall–Kier alpha value is -1.46. The molecule has 1 aromatic carbocycles. The molecule has 0 spiro atoms. The lowest BCUT2D eigenvalue weighted by Gasteiger charge is -2.13. The normalized spacial score (nSPS) is 10.0. The number of hydrogen-bond donors (Lipinski definition) is 1. The van der Waals surface area contributed by atoms with Gasteiger partial charge in [-0.15, -0.1) is 0 Å². The standard InChI is InChI=1S/C17H22ClNO/c1-3-7-15(8-4-2)17(20)19-12-6-10-14-9-5-11-16(18)13-14/h5,9,11,13,15H,3-4,7-8,12H2,1-2H3,(H,19,20). The number of nitrogens with one attached hydrogen (secondary N) is 1. The van der Waals surface area contributed by atoms with Gasteiger partial charge in [0.25, 0.3) is 0 Å². The van der Waals surface area contributed by atoms with Gasteiger partial charge in [0.1, 0.15) is 0 Å². The first-order chi connectivity index (χ1) is 9.67. The number of carbonyl (C=O) groups excluding carboxylic acids is 1. The van der Waals surface area contributed by atoms with Crippen LogP contribution in [0.15, 0.2) is 24.3 Å². The van der Waals surface area contributed by atoms with Crippen molar-refractivity contribution in [1.29, 1.82) is 0 Å². The highest BCUT2D eigenvalue weighted by Crippen LogP contribution is 2.13. The zero-order valence-corrected chi connectivity index (χ0v) is 13.0. The Morgan fingerprint density at radius 2 is 2.00 bits per heavy atom. The number of rotatable bonds is 6. The van der Waals surface area contributed by atoms with E-state index in [0.717, 1.165) is 31.2 Å². The van der Waals surface area contributed by atoms with Crippen LogP contribution in [0.4, 0.5) is 0 Å². The zero-order chi connectivity index (χ0) is 14.8. The number of benzene rings is 1. The molecule has 1 N–H and O–H groups in total. The van der Waals surface area contributed by atoms with E-state index < -0.39 is 0 Å². The van der Waals surface area contributed by atoms with Gasteiger partial charge < -0.3 is 5.32 Å². The van der Waals surface area contributed by atoms with E-state index in [0.29, 0.717) is 11.6 Å². The van der Waals surface area contributed by atoms with Crippen LogP contribution in [0.2, 0.25) is 5.02 Å². The van der Waals surface area contributed by atoms with E-state index in [-0.39, 0.29) is 11.8 Å². The van der Waals surface area contributed by atoms with Crippen LogP contribution in [0.25, 0.3) is 0 Å². The van der Waals surface area contributed by atoms with Gasteiger partial charge in [-0.1, -0.05) is 56.2 Å². The fraction of sp³-hybridized carbons (Fsp3) is 0.471. The molecule has 1 rings (SSSR count). The van der Waals surface area contributed by atoms with Crippen molar-refractivity contribution in [3.63, 3.8) is 0 Å². The molecule has 0 saturated heterocycles. The van der Waals surface area contributed by atoms with E-state index in [1.807, 2.05) is 24.3 Å². The third-order valence-electron chi connectivity index (χ3n) is 3.05. The average molecular weight is 292 g/mol. The van der Waals surface area contributed by atoms with Gasteiger partial charge >= 0.3 is 0 Å². The average Bonchev–Trinajstić information content (AvgIpc) is 2.43. The van der Waals surface area contributed by atoms with Gasteiger partial charge in [0.2, 0.25) is 5.91 Å². The maximum absolute atomic E-state index is 12.0. The zero-order valence-electron chi connectivity index (χ0n) is 12.2. The lowest BCUT2D eigenvalue weighted by atomic mass is 9.97. The number of amides is 1. The summed E-state index contributed by atoms with van der Waals surface area (Å²) in [6, 6.07) is 7.39. The summed E-state index contributed by atoms with van der Waals surface area (Å²) in [6.07, 6.45) is 3.96. The maximum atomic E-state index is 12.0. The number of halogens is 1. The topological polar surface area (TPSA) is 29.1 Å². The smallest absolute Gasteiger partial charge is 0.223 e. The van der Waals surface area contributed by atoms with Crippen LogP contribution in [-0.4, -0.2) is 12.5 Å². The molecule has 0 atom stereocenters. The van der Waals surface area contributed by atoms with Gasteiger partial charge in [-0.3, -0.25) is 4.79 Å². The van der Waals surface area contributed by atoms with Crippen LogP contribution >= 0.6 is 11.6 Å². The van der Waals surface area contributed by atoms with Crippen molar-refractivity contribution in [3.8, 4) is 11.8 Å². The summed E-state index contributed by atoms with van der Waals surface area (Å²) in [5.74, 6) is 6.20. The van der Waals surface area contributed by atoms with E-state index in [1.54, 1.807) is 0 Å². The molecule has 0 aliphatic heterocycles. The molecule has 0 aromatic heterocycles. The van der Waals surface area contributed by atoms with Crippen LogP contribution in [0.5, 0.6) is 0 Å². The fourth-order valence-corrected chi connectivity index (χ4v) is 2.28. The molecule has 0 heterocycles. The van der Waals surface area contributed by atoms with Crippen LogP contribution in [-0.2, 0) is 4.79 Å². The second kappa shape index (κ2) is 9.44. The minimum atomic E-state index is 0.120. The molecule has 108 valence electrons. The summed E-state index contributed by atoms with van der Waals surface area (Å²) in [5.41, 5.74) is 0.866. The van der Waals surface area contributed by atoms with Gasteiger partial charge in [-0.25, -0.2) is 0 Å². The highest BCUT2D eigenvalue weighted by atomic mass is 35.5. The molecule has 0 saturated carbocycles. The summed E-state index contributed by atoms with van der Waals surface area (Å²) in [7, 11) is 0. The molecule has 0 aliphatic carbocycles. The Morgan fingerprint density at radius 3 is 2.60 bits per heavy atom. The second-order valence-corrected chi connectivity index (χ2v) is 5.24. The summed E-state index contributed by atoms with van der Waals surface area (Å²) in [5, 5.41) is 3.56. The van der Waals surface area contributed by atoms with Crippen LogP contribution < -0.4 is 5.32 Å². The van der Waals surface area contributed by atoms with Gasteiger partial charge in [-0.05, 0) is 31.0 Å². The minimum absolute atomic E-state index is 0.120. The van der Waals surface area contributed by atoms with Crippen molar-refractivity contribution < 1.29 is 4.79 Å². The van der Waals surface area contributed by atoms with Gasteiger partial charge in [0.05, 0.1) is 6.54 Å². The summed E-state index contributed by atoms with van der Waals surface area (Å²) in [4.78, 5) is 12.0. The lowest BCUT2D eigenvalue weighted by Crippen LogP contribution is -2.30. The molecule has 1 aromatic rings. The first-order valence-electron chi connectivity index (χ1n) is 7.19. The second-order valence-electron chi connectivity index (χ2n) is 4.80. The molecular formula is C17H22ClNO. The summed E-state index contributed by atoms with van der Waals surface area (Å²) in [6.45, 7) is 4.60. The third kappa shape index (κ3) is 6.12. The summed E-state index contributed by atoms with van der Waals surface area (Å²) < 4.78 is 0. The van der Waals surface area contributed by atoms with E-state index in [2.05, 4.69) is 31.0 Å². The molecule has 0 aliphatic rings. The van der Waals surface area contributed by atoms with Crippen molar-refractivity contribution >= 4 is 17.5 Å². The Morgan fingerprint density at radius 1 is 1.30 bits per heavy atom. The van der Waals surface area contributed by atoms with E-state index >= 15 is 0 Å². The van der Waals surface area contributed by atoms with Gasteiger partial charge in [-0.2, -0.15) is 0 Å². The molecule has 0 unspecified atom stereocenters. The quantitative estimate of drug-likeness (QED) is 0.788. The number of carbonyl (C=O) groups is 1. The Kier molecular flexibility index (Phi) is 7.84. The highest BCUT2D eigenvalue weighted by Gasteiger charge is 2.15. The Balaban J connectivity index is 2.45. The van der Waals surface area contributed by atoms with E-state index in [4.69, 9.17) is 11.6 Å². The molecular weight excluding hydrogens is 270 g/mol. The van der Waals surface area contributed by atoms with Gasteiger partial charge in [0.15, 0.2) is 0 Å². The SMILES string of the molecule is CCCC(CCC)C(=O)NCC#Cc1cccc(Cl)c1. The predicted octanol–water partition coefficient (Wildman–Crippen LogP) is 4.02. The van der Waals surface area contributed by atoms with Crippen LogP contribution in [0.3, 0.4) is 0 Å². The molecule has 1 amide bonds. The van der Waals surface area contributed by atoms with E-state index in [1.165, 1.54) is 0 Å². The first kappa shape index (κ1) is 16.6. The fourth-order valence-electron chi connectivity index (χ4n) is 2.09. The molecule has 20 heavy (non-hydrogen) atoms. The first-order valence-corrected chi connectivity index (χ1v) is 7.57. The lowest BCUT2D eigenvalue weighted by molar-refractivity contribution is -0.125. The molecule has 0 bridgehead atoms. The van der Waals surface area contributed by atoms with Crippen LogP contribution in [0.1, 0.15) is 45.1 Å². The molecule has 0 radical (unpaired) electrons. The van der Waals surface area contributed by atoms with Crippen molar-refractivity contribution in [2.24, 2.45) is 5.92 Å². The Labute approximate surface area is 126 Å². The van der Waals surface area contributed by atoms with Crippen molar-refractivity contribution in [1.82, 2.24) is 5.32 Å². The largest absolute Gasteiger partial charge is 0.345 e. The van der Waals surface area contributed by atoms with Crippen molar-refractivity contribution in [2.45, 2.75) is 39.5 Å². The van der Waals surface area contributed by atoms with Crippen molar-refractivity contribution in [2.75, 3.05) is 6.54 Å². The number of hydrogen-bond acceptors (Lipinski definition) is 1. The van der Waals surface area contributed by atoms with Crippen LogP contribution in [0, 0.1) is 17.8 Å². The van der Waals surface area contributed by atoms with E-state index in [9.17, 15) is 4.79 Å². The third-order valence-corrected chi connectivity index (χ3v) is 3.29. The van der Waals surface area contributed by atoms with Crippen molar-refractivity contribution in [3.05, 3.63) is 34.9 Å². The molecule has 0 fully saturated rings. The highest BCUT2D eigenvalue weighted by molar-refractivity contribution is 6.30. The molecule has 3 heteroatoms. The predicted molar refractivity (Wildman–Crippen MR) is 84.6 cm³/mol. The maximum Gasteiger partial charge on any atom is 0.223 e. The Bertz CT molecular complexity index is 481. The molecule has 2 nitrogen and oxygen atoms in total. The van der Waals surface area contributed by atoms with Gasteiger partial charge in [0, 0.05) is 16.5 Å². The minimum Gasteiger partial charge on any atom is -0.345 e.